The van der Waals surface area contributed by atoms with E-state index in [4.69, 9.17) is 16.7 Å². The predicted molar refractivity (Wildman–Crippen MR) is 168 cm³/mol. The second-order valence-electron chi connectivity index (χ2n) is 11.0. The zero-order valence-corrected chi connectivity index (χ0v) is 25.7. The van der Waals surface area contributed by atoms with Gasteiger partial charge in [-0.25, -0.2) is 4.98 Å². The normalized spacial score (nSPS) is 17.3. The van der Waals surface area contributed by atoms with E-state index in [1.807, 2.05) is 17.0 Å². The summed E-state index contributed by atoms with van der Waals surface area (Å²) in [5.74, 6) is 2.45. The van der Waals surface area contributed by atoms with Crippen LogP contribution in [0.25, 0.3) is 5.65 Å². The second kappa shape index (κ2) is 15.8. The van der Waals surface area contributed by atoms with Gasteiger partial charge in [0.1, 0.15) is 11.0 Å². The first-order valence-electron chi connectivity index (χ1n) is 14.4. The average molecular weight is 586 g/mol. The molecule has 226 valence electrons. The number of anilines is 1. The highest BCUT2D eigenvalue weighted by Crippen LogP contribution is 2.45. The van der Waals surface area contributed by atoms with Gasteiger partial charge in [0.15, 0.2) is 11.3 Å². The van der Waals surface area contributed by atoms with E-state index in [0.29, 0.717) is 40.9 Å². The molecule has 1 amide bonds. The molecule has 9 heteroatoms. The fourth-order valence-corrected chi connectivity index (χ4v) is 5.11. The first kappa shape index (κ1) is 34.1. The number of carbonyl (C=O) groups excluding carboxylic acids is 2. The highest BCUT2D eigenvalue weighted by molar-refractivity contribution is 6.29. The van der Waals surface area contributed by atoms with Crippen LogP contribution in [0, 0.1) is 17.8 Å². The fraction of sp³-hybridized carbons (Fsp3) is 0.562. The van der Waals surface area contributed by atoms with Crippen molar-refractivity contribution < 1.29 is 14.3 Å². The fourth-order valence-electron chi connectivity index (χ4n) is 4.92. The van der Waals surface area contributed by atoms with Gasteiger partial charge in [-0.05, 0) is 43.6 Å². The molecule has 3 heterocycles. The number of hydrogen-bond acceptors (Lipinski definition) is 6. The number of fused-ring (bicyclic) bond motifs is 2. The molecule has 8 nitrogen and oxygen atoms in total. The lowest BCUT2D eigenvalue weighted by Gasteiger charge is -2.33. The molecule has 3 aromatic rings. The number of hydrogen-bond donors (Lipinski definition) is 0. The zero-order valence-electron chi connectivity index (χ0n) is 24.9. The number of piperidine rings is 1. The van der Waals surface area contributed by atoms with E-state index < -0.39 is 0 Å². The number of aromatic nitrogens is 3. The Morgan fingerprint density at radius 3 is 2.20 bits per heavy atom. The number of esters is 1. The maximum Gasteiger partial charge on any atom is 0.302 e. The van der Waals surface area contributed by atoms with Crippen molar-refractivity contribution >= 4 is 34.9 Å². The third kappa shape index (κ3) is 9.18. The summed E-state index contributed by atoms with van der Waals surface area (Å²) in [6, 6.07) is 14.1. The first-order chi connectivity index (χ1) is 19.1. The van der Waals surface area contributed by atoms with Crippen LogP contribution in [0.2, 0.25) is 5.15 Å². The maximum absolute atomic E-state index is 13.1. The van der Waals surface area contributed by atoms with Crippen molar-refractivity contribution in [3.05, 3.63) is 58.9 Å². The lowest BCUT2D eigenvalue weighted by atomic mass is 10.1. The minimum Gasteiger partial charge on any atom is -0.466 e. The highest BCUT2D eigenvalue weighted by atomic mass is 35.5. The molecular weight excluding hydrogens is 538 g/mol. The molecule has 0 spiro atoms. The summed E-state index contributed by atoms with van der Waals surface area (Å²) in [6.45, 7) is 17.0. The van der Waals surface area contributed by atoms with Crippen LogP contribution in [0.5, 0.6) is 0 Å². The number of nitrogens with zero attached hydrogens (tertiary/aromatic N) is 5. The van der Waals surface area contributed by atoms with Gasteiger partial charge in [-0.1, -0.05) is 83.5 Å². The van der Waals surface area contributed by atoms with Crippen LogP contribution < -0.4 is 4.90 Å². The number of ether oxygens (including phenoxy) is 1. The van der Waals surface area contributed by atoms with Crippen molar-refractivity contribution in [1.29, 1.82) is 0 Å². The summed E-state index contributed by atoms with van der Waals surface area (Å²) in [6.07, 6.45) is 2.51. The maximum atomic E-state index is 13.1. The van der Waals surface area contributed by atoms with Crippen LogP contribution in [0.3, 0.4) is 0 Å². The molecule has 1 saturated heterocycles. The molecular formula is C32H48ClN5O3. The standard InChI is InChI=1S/C24H28ClN5O.C4H8O2.C3H8.CH4/c1-15(2)12-29(16(3)17-7-5-4-6-8-17)23-11-21(25)26-22-10-20(27-30(22)23)24(31)28-13-18-9-19(18)14-28;1-3-6-4(2)5;1-3-2;/h4-8,10-11,15-16,18-19H,9,12-14H2,1-3H3;3H2,1-2H3;3H2,1-2H3;1H4. The summed E-state index contributed by atoms with van der Waals surface area (Å²) in [4.78, 5) is 31.6. The summed E-state index contributed by atoms with van der Waals surface area (Å²) < 4.78 is 6.18. The van der Waals surface area contributed by atoms with Crippen LogP contribution in [0.4, 0.5) is 5.82 Å². The van der Waals surface area contributed by atoms with E-state index in [1.165, 1.54) is 25.3 Å². The van der Waals surface area contributed by atoms with Gasteiger partial charge in [0.2, 0.25) is 0 Å². The molecule has 2 fully saturated rings. The van der Waals surface area contributed by atoms with E-state index in [2.05, 4.69) is 73.5 Å². The van der Waals surface area contributed by atoms with E-state index in [-0.39, 0.29) is 25.3 Å². The predicted octanol–water partition coefficient (Wildman–Crippen LogP) is 7.32. The lowest BCUT2D eigenvalue weighted by molar-refractivity contribution is -0.140. The number of likely N-dealkylation sites (tertiary alicyclic amines) is 1. The summed E-state index contributed by atoms with van der Waals surface area (Å²) in [7, 11) is 0. The Labute approximate surface area is 251 Å². The molecule has 3 atom stereocenters. The summed E-state index contributed by atoms with van der Waals surface area (Å²) in [5, 5.41) is 5.11. The molecule has 2 aliphatic rings. The monoisotopic (exact) mass is 585 g/mol. The Morgan fingerprint density at radius 2 is 1.68 bits per heavy atom. The van der Waals surface area contributed by atoms with Gasteiger partial charge >= 0.3 is 5.97 Å². The van der Waals surface area contributed by atoms with Gasteiger partial charge in [0.05, 0.1) is 12.6 Å². The van der Waals surface area contributed by atoms with E-state index in [1.54, 1.807) is 17.5 Å². The topological polar surface area (TPSA) is 80.0 Å². The number of amides is 1. The van der Waals surface area contributed by atoms with E-state index in [0.717, 1.165) is 25.5 Å². The van der Waals surface area contributed by atoms with Crippen molar-refractivity contribution in [2.75, 3.05) is 31.1 Å². The third-order valence-electron chi connectivity index (χ3n) is 6.82. The van der Waals surface area contributed by atoms with Crippen molar-refractivity contribution in [3.8, 4) is 0 Å². The van der Waals surface area contributed by atoms with E-state index in [9.17, 15) is 9.59 Å². The SMILES string of the molecule is C.CC(C)CN(c1cc(Cl)nc2cc(C(=O)N3CC4CC4C3)nn12)C(C)c1ccccc1.CCC.CCOC(C)=O. The highest BCUT2D eigenvalue weighted by Gasteiger charge is 2.47. The number of rotatable bonds is 7. The van der Waals surface area contributed by atoms with E-state index >= 15 is 0 Å². The van der Waals surface area contributed by atoms with Gasteiger partial charge < -0.3 is 14.5 Å². The molecule has 1 aromatic carbocycles. The molecule has 1 aliphatic heterocycles. The van der Waals surface area contributed by atoms with Crippen LogP contribution in [0.15, 0.2) is 42.5 Å². The Kier molecular flexibility index (Phi) is 13.1. The number of benzene rings is 1. The molecule has 1 aliphatic carbocycles. The lowest BCUT2D eigenvalue weighted by Crippen LogP contribution is -2.33. The summed E-state index contributed by atoms with van der Waals surface area (Å²) in [5.41, 5.74) is 2.25. The Bertz CT molecular complexity index is 1250. The van der Waals surface area contributed by atoms with Gasteiger partial charge in [-0.3, -0.25) is 9.59 Å². The molecule has 0 N–H and O–H groups in total. The van der Waals surface area contributed by atoms with Gasteiger partial charge in [-0.2, -0.15) is 9.61 Å². The van der Waals surface area contributed by atoms with Crippen molar-refractivity contribution in [1.82, 2.24) is 19.5 Å². The van der Waals surface area contributed by atoms with Crippen molar-refractivity contribution in [2.24, 2.45) is 17.8 Å². The third-order valence-corrected chi connectivity index (χ3v) is 7.01. The number of carbonyl (C=O) groups is 2. The molecule has 3 unspecified atom stereocenters. The Balaban J connectivity index is 0.000000517. The van der Waals surface area contributed by atoms with Crippen LogP contribution >= 0.6 is 11.6 Å². The molecule has 1 saturated carbocycles. The minimum atomic E-state index is -0.211. The van der Waals surface area contributed by atoms with Crippen LogP contribution in [-0.4, -0.2) is 57.6 Å². The summed E-state index contributed by atoms with van der Waals surface area (Å²) >= 11 is 6.42. The average Bonchev–Trinajstić information content (AvgIpc) is 3.30. The minimum absolute atomic E-state index is 0. The Hall–Kier alpha value is -3.13. The van der Waals surface area contributed by atoms with Crippen molar-refractivity contribution in [3.63, 3.8) is 0 Å². The largest absolute Gasteiger partial charge is 0.466 e. The molecule has 5 rings (SSSR count). The zero-order chi connectivity index (χ0) is 29.4. The van der Waals surface area contributed by atoms with Gasteiger partial charge in [0.25, 0.3) is 5.91 Å². The van der Waals surface area contributed by atoms with Crippen LogP contribution in [0.1, 0.15) is 90.8 Å². The van der Waals surface area contributed by atoms with Crippen LogP contribution in [-0.2, 0) is 9.53 Å². The molecule has 0 bridgehead atoms. The Morgan fingerprint density at radius 1 is 1.07 bits per heavy atom. The van der Waals surface area contributed by atoms with Gasteiger partial charge in [0, 0.05) is 38.7 Å². The first-order valence-corrected chi connectivity index (χ1v) is 14.8. The van der Waals surface area contributed by atoms with Crippen molar-refractivity contribution in [2.45, 2.75) is 74.8 Å². The second-order valence-corrected chi connectivity index (χ2v) is 11.4. The number of halogens is 1. The molecule has 0 radical (unpaired) electrons. The smallest absolute Gasteiger partial charge is 0.302 e. The van der Waals surface area contributed by atoms with Gasteiger partial charge in [-0.15, -0.1) is 0 Å². The molecule has 41 heavy (non-hydrogen) atoms. The molecule has 2 aromatic heterocycles. The quantitative estimate of drug-likeness (QED) is 0.213.